The molecular formula is C16H23NO2. The third kappa shape index (κ3) is 4.51. The molecule has 1 aromatic carbocycles. The Morgan fingerprint density at radius 3 is 2.05 bits per heavy atom. The van der Waals surface area contributed by atoms with Crippen molar-refractivity contribution < 1.29 is 9.59 Å². The lowest BCUT2D eigenvalue weighted by atomic mass is 9.86. The number of Topliss-reactive ketones (excluding diaryl/α,β-unsaturated/α-hetero) is 1. The molecular weight excluding hydrogens is 238 g/mol. The first-order valence-electron chi connectivity index (χ1n) is 6.63. The maximum absolute atomic E-state index is 11.9. The van der Waals surface area contributed by atoms with Crippen molar-refractivity contribution in [2.75, 3.05) is 6.54 Å². The van der Waals surface area contributed by atoms with E-state index < -0.39 is 0 Å². The Hall–Kier alpha value is -1.64. The van der Waals surface area contributed by atoms with E-state index in [2.05, 4.69) is 26.1 Å². The molecule has 1 amide bonds. The van der Waals surface area contributed by atoms with Crippen LogP contribution in [0.25, 0.3) is 0 Å². The highest BCUT2D eigenvalue weighted by Crippen LogP contribution is 2.22. The zero-order chi connectivity index (χ0) is 14.6. The summed E-state index contributed by atoms with van der Waals surface area (Å²) in [6, 6.07) is 7.59. The number of hydrogen-bond donors (Lipinski definition) is 1. The van der Waals surface area contributed by atoms with Crippen LogP contribution in [0.15, 0.2) is 24.3 Å². The van der Waals surface area contributed by atoms with Crippen LogP contribution in [0.5, 0.6) is 0 Å². The lowest BCUT2D eigenvalue weighted by Gasteiger charge is -2.19. The summed E-state index contributed by atoms with van der Waals surface area (Å²) in [5, 5.41) is 2.64. The summed E-state index contributed by atoms with van der Waals surface area (Å²) < 4.78 is 0. The zero-order valence-electron chi connectivity index (χ0n) is 12.4. The molecule has 0 bridgehead atoms. The lowest BCUT2D eigenvalue weighted by Crippen LogP contribution is -2.32. The molecule has 19 heavy (non-hydrogen) atoms. The number of carbonyl (C=O) groups excluding carboxylic acids is 2. The van der Waals surface area contributed by atoms with Crippen molar-refractivity contribution in [1.29, 1.82) is 0 Å². The molecule has 0 heterocycles. The van der Waals surface area contributed by atoms with Crippen LogP contribution in [0.2, 0.25) is 0 Å². The summed E-state index contributed by atoms with van der Waals surface area (Å²) in [6.45, 7) is 10.1. The number of amides is 1. The standard InChI is InChI=1S/C16H23NO2/c1-11(2)15(19)17-10-14(18)12-6-8-13(9-7-12)16(3,4)5/h6-9,11H,10H2,1-5H3,(H,17,19). The Balaban J connectivity index is 2.66. The lowest BCUT2D eigenvalue weighted by molar-refractivity contribution is -0.123. The van der Waals surface area contributed by atoms with Gasteiger partial charge in [0, 0.05) is 11.5 Å². The van der Waals surface area contributed by atoms with Gasteiger partial charge in [0.05, 0.1) is 6.54 Å². The topological polar surface area (TPSA) is 46.2 Å². The van der Waals surface area contributed by atoms with Gasteiger partial charge in [0.15, 0.2) is 5.78 Å². The van der Waals surface area contributed by atoms with Crippen molar-refractivity contribution in [2.24, 2.45) is 5.92 Å². The first-order valence-corrected chi connectivity index (χ1v) is 6.63. The van der Waals surface area contributed by atoms with Gasteiger partial charge in [0.1, 0.15) is 0 Å². The smallest absolute Gasteiger partial charge is 0.222 e. The molecule has 3 nitrogen and oxygen atoms in total. The van der Waals surface area contributed by atoms with Crippen LogP contribution in [0, 0.1) is 5.92 Å². The summed E-state index contributed by atoms with van der Waals surface area (Å²) >= 11 is 0. The molecule has 1 N–H and O–H groups in total. The molecule has 0 aromatic heterocycles. The van der Waals surface area contributed by atoms with E-state index in [1.54, 1.807) is 13.8 Å². The van der Waals surface area contributed by atoms with E-state index in [1.807, 2.05) is 24.3 Å². The van der Waals surface area contributed by atoms with Gasteiger partial charge in [-0.25, -0.2) is 0 Å². The predicted octanol–water partition coefficient (Wildman–Crippen LogP) is 2.94. The minimum absolute atomic E-state index is 0.0607. The summed E-state index contributed by atoms with van der Waals surface area (Å²) in [5.41, 5.74) is 1.90. The van der Waals surface area contributed by atoms with Crippen LogP contribution in [-0.4, -0.2) is 18.2 Å². The number of benzene rings is 1. The monoisotopic (exact) mass is 261 g/mol. The van der Waals surface area contributed by atoms with Crippen LogP contribution >= 0.6 is 0 Å². The molecule has 1 rings (SSSR count). The molecule has 1 aromatic rings. The van der Waals surface area contributed by atoms with Crippen molar-refractivity contribution in [3.8, 4) is 0 Å². The minimum Gasteiger partial charge on any atom is -0.348 e. The van der Waals surface area contributed by atoms with E-state index in [0.717, 1.165) is 0 Å². The fourth-order valence-electron chi connectivity index (χ4n) is 1.63. The van der Waals surface area contributed by atoms with Gasteiger partial charge in [0.25, 0.3) is 0 Å². The quantitative estimate of drug-likeness (QED) is 0.847. The molecule has 0 saturated heterocycles. The van der Waals surface area contributed by atoms with Gasteiger partial charge in [-0.2, -0.15) is 0 Å². The molecule has 0 atom stereocenters. The van der Waals surface area contributed by atoms with Crippen LogP contribution in [0.4, 0.5) is 0 Å². The highest BCUT2D eigenvalue weighted by molar-refractivity contribution is 5.99. The van der Waals surface area contributed by atoms with E-state index in [-0.39, 0.29) is 29.6 Å². The number of carbonyl (C=O) groups is 2. The van der Waals surface area contributed by atoms with Gasteiger partial charge in [-0.15, -0.1) is 0 Å². The zero-order valence-corrected chi connectivity index (χ0v) is 12.4. The molecule has 0 aliphatic heterocycles. The van der Waals surface area contributed by atoms with Gasteiger partial charge in [-0.1, -0.05) is 58.9 Å². The highest BCUT2D eigenvalue weighted by Gasteiger charge is 2.15. The Kier molecular flexibility index (Phi) is 4.87. The maximum Gasteiger partial charge on any atom is 0.222 e. The largest absolute Gasteiger partial charge is 0.348 e. The summed E-state index contributed by atoms with van der Waals surface area (Å²) in [4.78, 5) is 23.3. The van der Waals surface area contributed by atoms with Gasteiger partial charge in [-0.3, -0.25) is 9.59 Å². The predicted molar refractivity (Wildman–Crippen MR) is 77.3 cm³/mol. The molecule has 0 unspecified atom stereocenters. The average Bonchev–Trinajstić information content (AvgIpc) is 2.34. The van der Waals surface area contributed by atoms with Gasteiger partial charge in [0.2, 0.25) is 5.91 Å². The summed E-state index contributed by atoms with van der Waals surface area (Å²) in [7, 11) is 0. The molecule has 0 radical (unpaired) electrons. The normalized spacial score (nSPS) is 11.5. The van der Waals surface area contributed by atoms with E-state index in [0.29, 0.717) is 5.56 Å². The first-order chi connectivity index (χ1) is 8.71. The number of rotatable bonds is 4. The van der Waals surface area contributed by atoms with Crippen LogP contribution in [0.3, 0.4) is 0 Å². The van der Waals surface area contributed by atoms with E-state index in [9.17, 15) is 9.59 Å². The summed E-state index contributed by atoms with van der Waals surface area (Å²) in [5.74, 6) is -0.259. The average molecular weight is 261 g/mol. The molecule has 0 fully saturated rings. The second kappa shape index (κ2) is 6.00. The number of ketones is 1. The maximum atomic E-state index is 11.9. The first kappa shape index (κ1) is 15.4. The Morgan fingerprint density at radius 1 is 1.11 bits per heavy atom. The molecule has 0 spiro atoms. The van der Waals surface area contributed by atoms with E-state index >= 15 is 0 Å². The van der Waals surface area contributed by atoms with Crippen molar-refractivity contribution >= 4 is 11.7 Å². The van der Waals surface area contributed by atoms with Gasteiger partial charge >= 0.3 is 0 Å². The molecule has 0 aliphatic carbocycles. The molecule has 0 saturated carbocycles. The fourth-order valence-corrected chi connectivity index (χ4v) is 1.63. The number of hydrogen-bond acceptors (Lipinski definition) is 2. The van der Waals surface area contributed by atoms with Crippen molar-refractivity contribution in [3.63, 3.8) is 0 Å². The minimum atomic E-state index is -0.101. The second-order valence-electron chi connectivity index (χ2n) is 6.12. The second-order valence-corrected chi connectivity index (χ2v) is 6.12. The fraction of sp³-hybridized carbons (Fsp3) is 0.500. The third-order valence-electron chi connectivity index (χ3n) is 3.02. The Labute approximate surface area is 115 Å². The highest BCUT2D eigenvalue weighted by atomic mass is 16.2. The number of nitrogens with one attached hydrogen (secondary N) is 1. The van der Waals surface area contributed by atoms with E-state index in [4.69, 9.17) is 0 Å². The molecule has 104 valence electrons. The van der Waals surface area contributed by atoms with Crippen molar-refractivity contribution in [3.05, 3.63) is 35.4 Å². The van der Waals surface area contributed by atoms with Gasteiger partial charge in [-0.05, 0) is 11.0 Å². The van der Waals surface area contributed by atoms with Crippen LogP contribution in [-0.2, 0) is 10.2 Å². The van der Waals surface area contributed by atoms with Crippen LogP contribution in [0.1, 0.15) is 50.5 Å². The summed E-state index contributed by atoms with van der Waals surface area (Å²) in [6.07, 6.45) is 0. The molecule has 3 heteroatoms. The molecule has 0 aliphatic rings. The van der Waals surface area contributed by atoms with Crippen molar-refractivity contribution in [2.45, 2.75) is 40.0 Å². The Bertz CT molecular complexity index is 453. The van der Waals surface area contributed by atoms with Crippen molar-refractivity contribution in [1.82, 2.24) is 5.32 Å². The van der Waals surface area contributed by atoms with Gasteiger partial charge < -0.3 is 5.32 Å². The SMILES string of the molecule is CC(C)C(=O)NCC(=O)c1ccc(C(C)(C)C)cc1. The third-order valence-corrected chi connectivity index (χ3v) is 3.02. The van der Waals surface area contributed by atoms with E-state index in [1.165, 1.54) is 5.56 Å². The Morgan fingerprint density at radius 2 is 1.63 bits per heavy atom. The van der Waals surface area contributed by atoms with Crippen LogP contribution < -0.4 is 5.32 Å².